The van der Waals surface area contributed by atoms with Crippen LogP contribution in [0.2, 0.25) is 0 Å². The minimum absolute atomic E-state index is 0.0508. The van der Waals surface area contributed by atoms with Crippen molar-refractivity contribution >= 4 is 17.6 Å². The van der Waals surface area contributed by atoms with Gasteiger partial charge in [0, 0.05) is 19.2 Å². The molecule has 39 heavy (non-hydrogen) atoms. The van der Waals surface area contributed by atoms with E-state index in [0.717, 1.165) is 37.9 Å². The van der Waals surface area contributed by atoms with Crippen LogP contribution in [0.5, 0.6) is 11.6 Å². The van der Waals surface area contributed by atoms with Gasteiger partial charge >= 0.3 is 12.1 Å². The van der Waals surface area contributed by atoms with Crippen molar-refractivity contribution in [2.24, 2.45) is 11.8 Å². The maximum atomic E-state index is 13.7. The van der Waals surface area contributed by atoms with Gasteiger partial charge in [0.25, 0.3) is 0 Å². The normalized spacial score (nSPS) is 18.1. The third-order valence-corrected chi connectivity index (χ3v) is 6.79. The fraction of sp³-hybridized carbons (Fsp3) is 0.500. The molecule has 1 atom stereocenters. The SMILES string of the molecule is COC[C@H](C)N(c1ccc(Oc2ncc(CC#N)cc2C(F)(F)F)cc1C(=O)OC)C(=O)[C@H]1CC[C@H](C)CC1. The second-order valence-corrected chi connectivity index (χ2v) is 9.77. The average molecular weight is 548 g/mol. The van der Waals surface area contributed by atoms with Gasteiger partial charge in [0.05, 0.1) is 43.5 Å². The number of carbonyl (C=O) groups excluding carboxylic acids is 2. The van der Waals surface area contributed by atoms with Crippen molar-refractivity contribution in [2.45, 2.75) is 58.2 Å². The van der Waals surface area contributed by atoms with Crippen LogP contribution >= 0.6 is 0 Å². The highest BCUT2D eigenvalue weighted by Gasteiger charge is 2.37. The van der Waals surface area contributed by atoms with E-state index in [4.69, 9.17) is 19.5 Å². The number of nitriles is 1. The van der Waals surface area contributed by atoms with E-state index >= 15 is 0 Å². The summed E-state index contributed by atoms with van der Waals surface area (Å²) < 4.78 is 56.9. The van der Waals surface area contributed by atoms with Gasteiger partial charge in [-0.25, -0.2) is 9.78 Å². The molecule has 1 fully saturated rings. The maximum absolute atomic E-state index is 13.7. The molecule has 1 amide bonds. The van der Waals surface area contributed by atoms with E-state index < -0.39 is 29.6 Å². The molecule has 3 rings (SSSR count). The van der Waals surface area contributed by atoms with Gasteiger partial charge in [0.2, 0.25) is 11.8 Å². The monoisotopic (exact) mass is 547 g/mol. The molecular formula is C28H32F3N3O5. The number of esters is 1. The zero-order chi connectivity index (χ0) is 28.7. The Balaban J connectivity index is 2.04. The lowest BCUT2D eigenvalue weighted by Crippen LogP contribution is -2.46. The lowest BCUT2D eigenvalue weighted by Gasteiger charge is -2.35. The number of alkyl halides is 3. The second-order valence-electron chi connectivity index (χ2n) is 9.77. The summed E-state index contributed by atoms with van der Waals surface area (Å²) in [7, 11) is 2.68. The molecule has 1 heterocycles. The number of anilines is 1. The molecule has 0 saturated heterocycles. The molecular weight excluding hydrogens is 515 g/mol. The second kappa shape index (κ2) is 12.9. The molecule has 0 spiro atoms. The first-order chi connectivity index (χ1) is 18.5. The standard InChI is InChI=1S/C28H32F3N3O5/c1-17-5-7-20(8-6-17)26(35)34(18(2)16-37-3)24-10-9-21(14-22(24)27(36)38-4)39-25-23(28(29,30)31)13-19(11-12-32)15-33-25/h9-10,13-15,17-18,20H,5-8,11,16H2,1-4H3/t17-,18-,20-/m0/s1. The summed E-state index contributed by atoms with van der Waals surface area (Å²) in [5, 5.41) is 8.83. The average Bonchev–Trinajstić information content (AvgIpc) is 2.90. The highest BCUT2D eigenvalue weighted by Crippen LogP contribution is 2.39. The van der Waals surface area contributed by atoms with Gasteiger partial charge in [0.1, 0.15) is 11.3 Å². The summed E-state index contributed by atoms with van der Waals surface area (Å²) in [4.78, 5) is 31.8. The van der Waals surface area contributed by atoms with E-state index in [9.17, 15) is 22.8 Å². The number of rotatable bonds is 9. The first-order valence-corrected chi connectivity index (χ1v) is 12.6. The Hall–Kier alpha value is -3.65. The number of carbonyl (C=O) groups is 2. The zero-order valence-electron chi connectivity index (χ0n) is 22.4. The Labute approximate surface area is 225 Å². The molecule has 0 unspecified atom stereocenters. The van der Waals surface area contributed by atoms with E-state index in [-0.39, 0.29) is 47.4 Å². The number of pyridine rings is 1. The van der Waals surface area contributed by atoms with Gasteiger partial charge in [0.15, 0.2) is 0 Å². The number of aromatic nitrogens is 1. The molecule has 1 aromatic carbocycles. The van der Waals surface area contributed by atoms with Crippen LogP contribution in [0.15, 0.2) is 30.5 Å². The van der Waals surface area contributed by atoms with Crippen molar-refractivity contribution in [3.8, 4) is 17.7 Å². The quantitative estimate of drug-likeness (QED) is 0.358. The number of ether oxygens (including phenoxy) is 3. The number of methoxy groups -OCH3 is 2. The summed E-state index contributed by atoms with van der Waals surface area (Å²) in [6.45, 7) is 4.14. The number of hydrogen-bond acceptors (Lipinski definition) is 7. The molecule has 210 valence electrons. The van der Waals surface area contributed by atoms with Gasteiger partial charge in [-0.2, -0.15) is 18.4 Å². The fourth-order valence-electron chi connectivity index (χ4n) is 4.73. The molecule has 0 aliphatic heterocycles. The van der Waals surface area contributed by atoms with Gasteiger partial charge < -0.3 is 19.1 Å². The molecule has 1 aliphatic carbocycles. The number of benzene rings is 1. The summed E-state index contributed by atoms with van der Waals surface area (Å²) in [6.07, 6.45) is -0.642. The van der Waals surface area contributed by atoms with Crippen LogP contribution in [0.4, 0.5) is 18.9 Å². The summed E-state index contributed by atoms with van der Waals surface area (Å²) in [5.74, 6) is -1.48. The van der Waals surface area contributed by atoms with Gasteiger partial charge in [-0.15, -0.1) is 0 Å². The number of amides is 1. The van der Waals surface area contributed by atoms with Crippen molar-refractivity contribution < 1.29 is 37.0 Å². The molecule has 1 aromatic heterocycles. The molecule has 1 aliphatic rings. The van der Waals surface area contributed by atoms with Crippen molar-refractivity contribution in [1.82, 2.24) is 4.98 Å². The molecule has 1 saturated carbocycles. The third kappa shape index (κ3) is 7.26. The number of halogens is 3. The predicted molar refractivity (Wildman–Crippen MR) is 136 cm³/mol. The van der Waals surface area contributed by atoms with Crippen LogP contribution < -0.4 is 9.64 Å². The molecule has 0 radical (unpaired) electrons. The minimum Gasteiger partial charge on any atom is -0.465 e. The van der Waals surface area contributed by atoms with E-state index in [1.54, 1.807) is 13.0 Å². The molecule has 2 aromatic rings. The van der Waals surface area contributed by atoms with Gasteiger partial charge in [-0.05, 0) is 68.4 Å². The Morgan fingerprint density at radius 3 is 2.46 bits per heavy atom. The van der Waals surface area contributed by atoms with E-state index in [0.29, 0.717) is 5.92 Å². The van der Waals surface area contributed by atoms with E-state index in [2.05, 4.69) is 11.9 Å². The Morgan fingerprint density at radius 2 is 1.87 bits per heavy atom. The molecule has 8 nitrogen and oxygen atoms in total. The van der Waals surface area contributed by atoms with Gasteiger partial charge in [-0.1, -0.05) is 6.92 Å². The summed E-state index contributed by atoms with van der Waals surface area (Å²) in [5.41, 5.74) is -0.877. The van der Waals surface area contributed by atoms with Crippen molar-refractivity contribution in [1.29, 1.82) is 5.26 Å². The Bertz CT molecular complexity index is 1220. The Morgan fingerprint density at radius 1 is 1.18 bits per heavy atom. The van der Waals surface area contributed by atoms with Crippen molar-refractivity contribution in [2.75, 3.05) is 25.7 Å². The lowest BCUT2D eigenvalue weighted by atomic mass is 9.82. The largest absolute Gasteiger partial charge is 0.465 e. The first-order valence-electron chi connectivity index (χ1n) is 12.6. The van der Waals surface area contributed by atoms with Crippen LogP contribution in [0.3, 0.4) is 0 Å². The first kappa shape index (κ1) is 29.9. The zero-order valence-corrected chi connectivity index (χ0v) is 22.4. The van der Waals surface area contributed by atoms with Crippen LogP contribution in [-0.2, 0) is 26.9 Å². The van der Waals surface area contributed by atoms with E-state index in [1.165, 1.54) is 37.3 Å². The number of hydrogen-bond donors (Lipinski definition) is 0. The predicted octanol–water partition coefficient (Wildman–Crippen LogP) is 5.94. The molecule has 11 heteroatoms. The summed E-state index contributed by atoms with van der Waals surface area (Å²) >= 11 is 0. The minimum atomic E-state index is -4.80. The van der Waals surface area contributed by atoms with E-state index in [1.807, 2.05) is 0 Å². The summed E-state index contributed by atoms with van der Waals surface area (Å²) in [6, 6.07) is 6.20. The molecule has 0 bridgehead atoms. The highest BCUT2D eigenvalue weighted by atomic mass is 19.4. The van der Waals surface area contributed by atoms with Crippen LogP contribution in [0.1, 0.15) is 61.0 Å². The number of nitrogens with zero attached hydrogens (tertiary/aromatic N) is 3. The lowest BCUT2D eigenvalue weighted by molar-refractivity contribution is -0.139. The van der Waals surface area contributed by atoms with Crippen LogP contribution in [0.25, 0.3) is 0 Å². The van der Waals surface area contributed by atoms with Crippen molar-refractivity contribution in [3.63, 3.8) is 0 Å². The van der Waals surface area contributed by atoms with Gasteiger partial charge in [-0.3, -0.25) is 4.79 Å². The topological polar surface area (TPSA) is 102 Å². The maximum Gasteiger partial charge on any atom is 0.421 e. The Kier molecular flexibility index (Phi) is 9.92. The third-order valence-electron chi connectivity index (χ3n) is 6.79. The van der Waals surface area contributed by atoms with Crippen LogP contribution in [0, 0.1) is 23.2 Å². The van der Waals surface area contributed by atoms with Crippen molar-refractivity contribution in [3.05, 3.63) is 47.2 Å². The highest BCUT2D eigenvalue weighted by molar-refractivity contribution is 6.04. The molecule has 0 N–H and O–H groups in total. The fourth-order valence-corrected chi connectivity index (χ4v) is 4.73. The smallest absolute Gasteiger partial charge is 0.421 e. The van der Waals surface area contributed by atoms with Crippen LogP contribution in [-0.4, -0.2) is 43.7 Å².